The second-order valence-electron chi connectivity index (χ2n) is 6.44. The number of rotatable bonds is 4. The first-order chi connectivity index (χ1) is 11.8. The van der Waals surface area contributed by atoms with Crippen molar-refractivity contribution in [1.82, 2.24) is 24.8 Å². The first kappa shape index (κ1) is 15.1. The van der Waals surface area contributed by atoms with E-state index in [4.69, 9.17) is 0 Å². The van der Waals surface area contributed by atoms with Crippen LogP contribution in [0.1, 0.15) is 24.4 Å². The van der Waals surface area contributed by atoms with Crippen LogP contribution in [0.25, 0.3) is 11.0 Å². The van der Waals surface area contributed by atoms with Gasteiger partial charge in [0.1, 0.15) is 18.0 Å². The summed E-state index contributed by atoms with van der Waals surface area (Å²) in [4.78, 5) is 19.0. The van der Waals surface area contributed by atoms with Crippen molar-refractivity contribution < 1.29 is 0 Å². The van der Waals surface area contributed by atoms with Crippen LogP contribution in [0, 0.1) is 6.92 Å². The molecule has 0 unspecified atom stereocenters. The highest BCUT2D eigenvalue weighted by atomic mass is 15.2. The summed E-state index contributed by atoms with van der Waals surface area (Å²) in [6.07, 6.45) is 3.85. The fourth-order valence-corrected chi connectivity index (χ4v) is 3.27. The highest BCUT2D eigenvalue weighted by Gasteiger charge is 2.20. The van der Waals surface area contributed by atoms with Crippen molar-refractivity contribution in [1.29, 1.82) is 0 Å². The molecule has 0 bridgehead atoms. The van der Waals surface area contributed by atoms with Gasteiger partial charge in [-0.15, -0.1) is 0 Å². The lowest BCUT2D eigenvalue weighted by Gasteiger charge is -2.32. The Labute approximate surface area is 141 Å². The van der Waals surface area contributed by atoms with E-state index in [9.17, 15) is 0 Å². The van der Waals surface area contributed by atoms with E-state index in [0.29, 0.717) is 6.04 Å². The first-order valence-corrected chi connectivity index (χ1v) is 8.47. The Morgan fingerprint density at radius 1 is 1.21 bits per heavy atom. The van der Waals surface area contributed by atoms with E-state index in [2.05, 4.69) is 42.3 Å². The molecule has 1 aliphatic rings. The summed E-state index contributed by atoms with van der Waals surface area (Å²) < 4.78 is 0. The van der Waals surface area contributed by atoms with Gasteiger partial charge in [0.2, 0.25) is 0 Å². The summed E-state index contributed by atoms with van der Waals surface area (Å²) in [7, 11) is 0. The van der Waals surface area contributed by atoms with Gasteiger partial charge in [-0.2, -0.15) is 0 Å². The van der Waals surface area contributed by atoms with E-state index in [-0.39, 0.29) is 0 Å². The van der Waals surface area contributed by atoms with Gasteiger partial charge in [-0.05, 0) is 31.9 Å². The maximum absolute atomic E-state index is 4.67. The van der Waals surface area contributed by atoms with Crippen LogP contribution in [0.2, 0.25) is 0 Å². The standard InChI is InChI=1S/C18H22N6/c1-13-10-17(20-12-19-13)21-14-6-8-24(9-7-14)11-18-22-15-4-2-3-5-16(15)23-18/h2-5,10,12,14H,6-9,11H2,1H3,(H,22,23)(H,19,20,21). The molecule has 0 aliphatic carbocycles. The molecule has 24 heavy (non-hydrogen) atoms. The van der Waals surface area contributed by atoms with Gasteiger partial charge in [0.05, 0.1) is 17.6 Å². The second-order valence-corrected chi connectivity index (χ2v) is 6.44. The third kappa shape index (κ3) is 3.38. The van der Waals surface area contributed by atoms with E-state index in [1.807, 2.05) is 25.1 Å². The number of benzene rings is 1. The number of H-pyrrole nitrogens is 1. The minimum atomic E-state index is 0.478. The lowest BCUT2D eigenvalue weighted by atomic mass is 10.1. The van der Waals surface area contributed by atoms with Gasteiger partial charge < -0.3 is 10.3 Å². The average Bonchev–Trinajstić information content (AvgIpc) is 2.99. The molecule has 0 amide bonds. The average molecular weight is 322 g/mol. The van der Waals surface area contributed by atoms with Crippen LogP contribution >= 0.6 is 0 Å². The van der Waals surface area contributed by atoms with Crippen LogP contribution < -0.4 is 5.32 Å². The zero-order chi connectivity index (χ0) is 16.4. The van der Waals surface area contributed by atoms with E-state index in [1.165, 1.54) is 0 Å². The van der Waals surface area contributed by atoms with Crippen molar-refractivity contribution >= 4 is 16.9 Å². The third-order valence-electron chi connectivity index (χ3n) is 4.56. The topological polar surface area (TPSA) is 69.7 Å². The highest BCUT2D eigenvalue weighted by Crippen LogP contribution is 2.18. The number of aromatic nitrogens is 4. The number of likely N-dealkylation sites (tertiary alicyclic amines) is 1. The summed E-state index contributed by atoms with van der Waals surface area (Å²) in [5.41, 5.74) is 3.15. The molecule has 0 atom stereocenters. The van der Waals surface area contributed by atoms with Crippen LogP contribution in [0.15, 0.2) is 36.7 Å². The maximum Gasteiger partial charge on any atom is 0.129 e. The van der Waals surface area contributed by atoms with E-state index >= 15 is 0 Å². The molecule has 0 spiro atoms. The normalized spacial score (nSPS) is 16.5. The minimum Gasteiger partial charge on any atom is -0.367 e. The first-order valence-electron chi connectivity index (χ1n) is 8.47. The van der Waals surface area contributed by atoms with Crippen LogP contribution in [0.3, 0.4) is 0 Å². The van der Waals surface area contributed by atoms with Gasteiger partial charge in [0.15, 0.2) is 0 Å². The largest absolute Gasteiger partial charge is 0.367 e. The zero-order valence-corrected chi connectivity index (χ0v) is 13.9. The number of para-hydroxylation sites is 2. The molecule has 0 saturated carbocycles. The molecule has 6 nitrogen and oxygen atoms in total. The van der Waals surface area contributed by atoms with Crippen LogP contribution in [0.4, 0.5) is 5.82 Å². The predicted molar refractivity (Wildman–Crippen MR) is 94.8 cm³/mol. The van der Waals surface area contributed by atoms with E-state index < -0.39 is 0 Å². The zero-order valence-electron chi connectivity index (χ0n) is 13.9. The molecule has 2 N–H and O–H groups in total. The molecule has 1 aliphatic heterocycles. The van der Waals surface area contributed by atoms with Crippen molar-refractivity contribution in [2.75, 3.05) is 18.4 Å². The molecule has 0 radical (unpaired) electrons. The number of aryl methyl sites for hydroxylation is 1. The Balaban J connectivity index is 1.32. The Hall–Kier alpha value is -2.47. The lowest BCUT2D eigenvalue weighted by Crippen LogP contribution is -2.39. The molecule has 1 aromatic carbocycles. The Bertz CT molecular complexity index is 786. The monoisotopic (exact) mass is 322 g/mol. The Kier molecular flexibility index (Phi) is 4.13. The molecular weight excluding hydrogens is 300 g/mol. The summed E-state index contributed by atoms with van der Waals surface area (Å²) in [6, 6.07) is 10.7. The lowest BCUT2D eigenvalue weighted by molar-refractivity contribution is 0.207. The maximum atomic E-state index is 4.67. The Morgan fingerprint density at radius 2 is 2.04 bits per heavy atom. The number of nitrogens with zero attached hydrogens (tertiary/aromatic N) is 4. The molecule has 6 heteroatoms. The van der Waals surface area contributed by atoms with Crippen LogP contribution in [-0.4, -0.2) is 44.0 Å². The number of hydrogen-bond donors (Lipinski definition) is 2. The number of piperidine rings is 1. The molecule has 1 fully saturated rings. The van der Waals surface area contributed by atoms with Gasteiger partial charge in [0.25, 0.3) is 0 Å². The third-order valence-corrected chi connectivity index (χ3v) is 4.56. The van der Waals surface area contributed by atoms with Crippen LogP contribution in [0.5, 0.6) is 0 Å². The van der Waals surface area contributed by atoms with E-state index in [0.717, 1.165) is 60.8 Å². The highest BCUT2D eigenvalue weighted by molar-refractivity contribution is 5.74. The fraction of sp³-hybridized carbons (Fsp3) is 0.389. The predicted octanol–water partition coefficient (Wildman–Crippen LogP) is 2.74. The quantitative estimate of drug-likeness (QED) is 0.773. The molecule has 3 aromatic rings. The fourth-order valence-electron chi connectivity index (χ4n) is 3.27. The van der Waals surface area contributed by atoms with Crippen molar-refractivity contribution in [3.63, 3.8) is 0 Å². The molecule has 2 aromatic heterocycles. The molecule has 3 heterocycles. The SMILES string of the molecule is Cc1cc(NC2CCN(Cc3nc4ccccc4[nH]3)CC2)ncn1. The number of anilines is 1. The number of nitrogens with one attached hydrogen (secondary N) is 2. The van der Waals surface area contributed by atoms with Crippen molar-refractivity contribution in [3.8, 4) is 0 Å². The van der Waals surface area contributed by atoms with Gasteiger partial charge in [0, 0.05) is 30.9 Å². The van der Waals surface area contributed by atoms with Crippen molar-refractivity contribution in [2.24, 2.45) is 0 Å². The number of aromatic amines is 1. The summed E-state index contributed by atoms with van der Waals surface area (Å²) >= 11 is 0. The Morgan fingerprint density at radius 3 is 2.83 bits per heavy atom. The van der Waals surface area contributed by atoms with Crippen molar-refractivity contribution in [2.45, 2.75) is 32.4 Å². The number of imidazole rings is 1. The molecule has 4 rings (SSSR count). The van der Waals surface area contributed by atoms with Crippen LogP contribution in [-0.2, 0) is 6.54 Å². The van der Waals surface area contributed by atoms with Crippen molar-refractivity contribution in [3.05, 3.63) is 48.2 Å². The summed E-state index contributed by atoms with van der Waals surface area (Å²) in [5, 5.41) is 3.53. The van der Waals surface area contributed by atoms with Gasteiger partial charge in [-0.1, -0.05) is 12.1 Å². The smallest absolute Gasteiger partial charge is 0.129 e. The molecule has 124 valence electrons. The van der Waals surface area contributed by atoms with Gasteiger partial charge >= 0.3 is 0 Å². The summed E-state index contributed by atoms with van der Waals surface area (Å²) in [5.74, 6) is 1.98. The number of fused-ring (bicyclic) bond motifs is 1. The number of hydrogen-bond acceptors (Lipinski definition) is 5. The van der Waals surface area contributed by atoms with Gasteiger partial charge in [-0.25, -0.2) is 15.0 Å². The second kappa shape index (κ2) is 6.57. The summed E-state index contributed by atoms with van der Waals surface area (Å²) in [6.45, 7) is 5.01. The molecule has 1 saturated heterocycles. The molecular formula is C18H22N6. The van der Waals surface area contributed by atoms with E-state index in [1.54, 1.807) is 6.33 Å². The minimum absolute atomic E-state index is 0.478. The van der Waals surface area contributed by atoms with Gasteiger partial charge in [-0.3, -0.25) is 4.90 Å².